The summed E-state index contributed by atoms with van der Waals surface area (Å²) in [5.41, 5.74) is 1.25. The van der Waals surface area contributed by atoms with Crippen LogP contribution in [0.2, 0.25) is 0 Å². The lowest BCUT2D eigenvalue weighted by molar-refractivity contribution is -0.122. The number of amides is 1. The van der Waals surface area contributed by atoms with Crippen LogP contribution in [0.15, 0.2) is 18.2 Å². The van der Waals surface area contributed by atoms with Crippen molar-refractivity contribution in [3.05, 3.63) is 29.3 Å². The predicted octanol–water partition coefficient (Wildman–Crippen LogP) is 1.33. The van der Waals surface area contributed by atoms with Crippen LogP contribution in [0.25, 0.3) is 0 Å². The maximum Gasteiger partial charge on any atom is 0.547 e. The van der Waals surface area contributed by atoms with Gasteiger partial charge in [0.15, 0.2) is 6.29 Å². The summed E-state index contributed by atoms with van der Waals surface area (Å²) in [4.78, 5) is 23.8. The molecule has 0 saturated heterocycles. The van der Waals surface area contributed by atoms with Gasteiger partial charge in [-0.15, -0.1) is 0 Å². The molecule has 1 aromatic carbocycles. The van der Waals surface area contributed by atoms with Gasteiger partial charge in [-0.3, -0.25) is 9.59 Å². The van der Waals surface area contributed by atoms with E-state index in [2.05, 4.69) is 22.9 Å². The van der Waals surface area contributed by atoms with Crippen LogP contribution < -0.4 is 20.6 Å². The van der Waals surface area contributed by atoms with E-state index in [0.717, 1.165) is 57.3 Å². The Hall–Kier alpha value is -1.90. The number of carbonyl (C=O) groups excluding carboxylic acids is 2. The molecule has 1 saturated carbocycles. The van der Waals surface area contributed by atoms with E-state index in [0.29, 0.717) is 36.0 Å². The molecule has 1 aliphatic carbocycles. The molecule has 0 bridgehead atoms. The molecule has 1 heterocycles. The molecule has 8 heteroatoms. The number of aldehydes is 1. The summed E-state index contributed by atoms with van der Waals surface area (Å²) in [5.74, 6) is 0.884. The van der Waals surface area contributed by atoms with Crippen molar-refractivity contribution in [1.29, 1.82) is 0 Å². The Balaban J connectivity index is 1.45. The smallest absolute Gasteiger partial charge is 0.534 e. The molecule has 0 radical (unpaired) electrons. The molecular weight excluding hydrogens is 381 g/mol. The predicted molar refractivity (Wildman–Crippen MR) is 118 cm³/mol. The Labute approximate surface area is 179 Å². The fourth-order valence-electron chi connectivity index (χ4n) is 4.63. The van der Waals surface area contributed by atoms with Gasteiger partial charge >= 0.3 is 7.12 Å². The lowest BCUT2D eigenvalue weighted by atomic mass is 9.72. The third-order valence-electron chi connectivity index (χ3n) is 6.15. The second-order valence-corrected chi connectivity index (χ2v) is 8.50. The maximum absolute atomic E-state index is 12.6. The van der Waals surface area contributed by atoms with Crippen molar-refractivity contribution in [2.24, 2.45) is 11.8 Å². The summed E-state index contributed by atoms with van der Waals surface area (Å²) < 4.78 is 5.54. The molecular formula is C22H34BN3O4. The molecule has 2 unspecified atom stereocenters. The van der Waals surface area contributed by atoms with Crippen LogP contribution >= 0.6 is 0 Å². The van der Waals surface area contributed by atoms with Gasteiger partial charge < -0.3 is 25.6 Å². The number of benzene rings is 1. The first-order valence-corrected chi connectivity index (χ1v) is 11.2. The SMILES string of the molecule is CCNCCNCC1CCCC(CC(=O)N[C@H]2Cc3cccc(C=O)c3OB2O)C1. The van der Waals surface area contributed by atoms with Crippen molar-refractivity contribution in [3.8, 4) is 5.75 Å². The Bertz CT molecular complexity index is 718. The first kappa shape index (κ1) is 22.8. The van der Waals surface area contributed by atoms with Crippen LogP contribution in [0.4, 0.5) is 0 Å². The number of hydrogen-bond donors (Lipinski definition) is 4. The molecule has 164 valence electrons. The first-order valence-electron chi connectivity index (χ1n) is 11.2. The number of fused-ring (bicyclic) bond motifs is 1. The third kappa shape index (κ3) is 6.30. The largest absolute Gasteiger partial charge is 0.547 e. The fraction of sp³-hybridized carbons (Fsp3) is 0.636. The minimum Gasteiger partial charge on any atom is -0.534 e. The average molecular weight is 415 g/mol. The summed E-state index contributed by atoms with van der Waals surface area (Å²) in [7, 11) is -1.15. The van der Waals surface area contributed by atoms with E-state index in [1.54, 1.807) is 12.1 Å². The van der Waals surface area contributed by atoms with Gasteiger partial charge in [-0.25, -0.2) is 0 Å². The number of nitrogens with one attached hydrogen (secondary N) is 3. The van der Waals surface area contributed by atoms with E-state index >= 15 is 0 Å². The number of rotatable bonds is 10. The van der Waals surface area contributed by atoms with Gasteiger partial charge in [-0.05, 0) is 62.2 Å². The van der Waals surface area contributed by atoms with Crippen LogP contribution in [0.5, 0.6) is 5.75 Å². The van der Waals surface area contributed by atoms with Crippen LogP contribution in [0, 0.1) is 11.8 Å². The first-order chi connectivity index (χ1) is 14.6. The monoisotopic (exact) mass is 415 g/mol. The molecule has 3 rings (SSSR count). The number of carbonyl (C=O) groups is 2. The molecule has 1 aliphatic heterocycles. The summed E-state index contributed by atoms with van der Waals surface area (Å²) in [6.07, 6.45) is 6.18. The van der Waals surface area contributed by atoms with Crippen molar-refractivity contribution in [3.63, 3.8) is 0 Å². The maximum atomic E-state index is 12.6. The van der Waals surface area contributed by atoms with Crippen LogP contribution in [0.1, 0.15) is 54.9 Å². The molecule has 30 heavy (non-hydrogen) atoms. The second-order valence-electron chi connectivity index (χ2n) is 8.50. The van der Waals surface area contributed by atoms with Gasteiger partial charge in [0.25, 0.3) is 0 Å². The second kappa shape index (κ2) is 11.5. The molecule has 0 aromatic heterocycles. The Morgan fingerprint density at radius 2 is 2.07 bits per heavy atom. The zero-order valence-electron chi connectivity index (χ0n) is 17.9. The van der Waals surface area contributed by atoms with Crippen LogP contribution in [-0.2, 0) is 11.2 Å². The molecule has 1 aromatic rings. The van der Waals surface area contributed by atoms with Crippen molar-refractivity contribution >= 4 is 19.3 Å². The Morgan fingerprint density at radius 1 is 1.27 bits per heavy atom. The Kier molecular flexibility index (Phi) is 8.72. The van der Waals surface area contributed by atoms with E-state index in [4.69, 9.17) is 4.65 Å². The highest BCUT2D eigenvalue weighted by atomic mass is 16.5. The number of para-hydroxylation sites is 1. The topological polar surface area (TPSA) is 99.7 Å². The van der Waals surface area contributed by atoms with Crippen molar-refractivity contribution in [1.82, 2.24) is 16.0 Å². The summed E-state index contributed by atoms with van der Waals surface area (Å²) in [6.45, 7) is 6.07. The number of likely N-dealkylation sites (N-methyl/N-ethyl adjacent to an activating group) is 1. The van der Waals surface area contributed by atoms with E-state index in [1.807, 2.05) is 6.07 Å². The van der Waals surface area contributed by atoms with E-state index in [-0.39, 0.29) is 5.91 Å². The van der Waals surface area contributed by atoms with E-state index in [1.165, 1.54) is 6.42 Å². The normalized spacial score (nSPS) is 23.4. The lowest BCUT2D eigenvalue weighted by Crippen LogP contribution is -2.53. The van der Waals surface area contributed by atoms with E-state index in [9.17, 15) is 14.6 Å². The zero-order valence-corrected chi connectivity index (χ0v) is 17.9. The Morgan fingerprint density at radius 3 is 2.87 bits per heavy atom. The summed E-state index contributed by atoms with van der Waals surface area (Å²) in [5, 5.41) is 20.1. The summed E-state index contributed by atoms with van der Waals surface area (Å²) >= 11 is 0. The molecule has 1 amide bonds. The van der Waals surface area contributed by atoms with Gasteiger partial charge in [0.2, 0.25) is 5.91 Å². The highest BCUT2D eigenvalue weighted by Crippen LogP contribution is 2.32. The molecule has 3 atom stereocenters. The van der Waals surface area contributed by atoms with Gasteiger partial charge in [-0.2, -0.15) is 0 Å². The molecule has 0 spiro atoms. The summed E-state index contributed by atoms with van der Waals surface area (Å²) in [6, 6.07) is 5.31. The highest BCUT2D eigenvalue weighted by molar-refractivity contribution is 6.47. The van der Waals surface area contributed by atoms with E-state index < -0.39 is 13.1 Å². The minimum absolute atomic E-state index is 0.0385. The molecule has 4 N–H and O–H groups in total. The van der Waals surface area contributed by atoms with Crippen molar-refractivity contribution < 1.29 is 19.3 Å². The fourth-order valence-corrected chi connectivity index (χ4v) is 4.63. The third-order valence-corrected chi connectivity index (χ3v) is 6.15. The highest BCUT2D eigenvalue weighted by Gasteiger charge is 2.37. The standard InChI is InChI=1S/C22H34BN3O4/c1-2-24-9-10-25-14-17-6-3-5-16(11-17)12-21(28)26-20-13-18-7-4-8-19(15-27)22(18)30-23(20)29/h4,7-8,15-17,20,24-25,29H,2-3,5-6,9-14H2,1H3,(H,26,28)/t16?,17?,20-/m0/s1. The quantitative estimate of drug-likeness (QED) is 0.262. The van der Waals surface area contributed by atoms with Gasteiger partial charge in [0.1, 0.15) is 5.75 Å². The zero-order chi connectivity index (χ0) is 21.3. The van der Waals surface area contributed by atoms with Gasteiger partial charge in [0.05, 0.1) is 11.5 Å². The van der Waals surface area contributed by atoms with Crippen LogP contribution in [-0.4, -0.2) is 56.5 Å². The number of hydrogen-bond acceptors (Lipinski definition) is 6. The van der Waals surface area contributed by atoms with Crippen molar-refractivity contribution in [2.45, 2.75) is 51.4 Å². The molecule has 7 nitrogen and oxygen atoms in total. The average Bonchev–Trinajstić information content (AvgIpc) is 2.74. The molecule has 2 aliphatic rings. The lowest BCUT2D eigenvalue weighted by Gasteiger charge is -2.31. The van der Waals surface area contributed by atoms with Gasteiger partial charge in [0, 0.05) is 19.5 Å². The van der Waals surface area contributed by atoms with Gasteiger partial charge in [-0.1, -0.05) is 25.5 Å². The van der Waals surface area contributed by atoms with Crippen LogP contribution in [0.3, 0.4) is 0 Å². The molecule has 1 fully saturated rings. The van der Waals surface area contributed by atoms with Crippen molar-refractivity contribution in [2.75, 3.05) is 26.2 Å². The minimum atomic E-state index is -1.15.